The number of hydrogen-bond acceptors (Lipinski definition) is 2. The molecule has 0 radical (unpaired) electrons. The van der Waals surface area contributed by atoms with E-state index in [1.165, 1.54) is 0 Å². The lowest BCUT2D eigenvalue weighted by molar-refractivity contribution is 1.20. The van der Waals surface area contributed by atoms with Crippen LogP contribution < -0.4 is 10.7 Å². The first-order valence-electron chi connectivity index (χ1n) is 6.50. The van der Waals surface area contributed by atoms with E-state index in [2.05, 4.69) is 17.2 Å². The Kier molecular flexibility index (Phi) is 2.75. The molecule has 0 aliphatic carbocycles. The molecular weight excluding hydrogens is 236 g/mol. The van der Waals surface area contributed by atoms with Crippen LogP contribution in [-0.2, 0) is 0 Å². The highest BCUT2D eigenvalue weighted by atomic mass is 16.1. The molecule has 96 valence electrons. The summed E-state index contributed by atoms with van der Waals surface area (Å²) in [5.41, 5.74) is 4.05. The number of rotatable bonds is 2. The van der Waals surface area contributed by atoms with Crippen molar-refractivity contribution >= 4 is 27.5 Å². The molecule has 0 aliphatic rings. The second kappa shape index (κ2) is 4.43. The maximum atomic E-state index is 12.5. The van der Waals surface area contributed by atoms with Crippen LogP contribution in [0, 0.1) is 6.92 Å². The van der Waals surface area contributed by atoms with E-state index in [4.69, 9.17) is 0 Å². The average Bonchev–Trinajstić information content (AvgIpc) is 2.43. The number of pyridine rings is 1. The molecule has 0 saturated carbocycles. The van der Waals surface area contributed by atoms with Crippen molar-refractivity contribution < 1.29 is 0 Å². The van der Waals surface area contributed by atoms with Crippen LogP contribution in [0.1, 0.15) is 12.5 Å². The number of aryl methyl sites for hydroxylation is 1. The molecule has 3 aromatic rings. The van der Waals surface area contributed by atoms with Crippen LogP contribution in [0.4, 0.5) is 5.69 Å². The van der Waals surface area contributed by atoms with Gasteiger partial charge in [-0.1, -0.05) is 12.1 Å². The predicted molar refractivity (Wildman–Crippen MR) is 81.0 cm³/mol. The molecule has 3 rings (SSSR count). The molecule has 1 aromatic heterocycles. The molecule has 0 spiro atoms. The zero-order valence-electron chi connectivity index (χ0n) is 11.1. The monoisotopic (exact) mass is 252 g/mol. The van der Waals surface area contributed by atoms with E-state index in [0.29, 0.717) is 0 Å². The maximum absolute atomic E-state index is 12.5. The Morgan fingerprint density at radius 2 is 1.89 bits per heavy atom. The molecule has 2 N–H and O–H groups in total. The Bertz CT molecular complexity index is 818. The van der Waals surface area contributed by atoms with Crippen LogP contribution >= 0.6 is 0 Å². The van der Waals surface area contributed by atoms with Gasteiger partial charge in [-0.05, 0) is 43.7 Å². The molecule has 0 atom stereocenters. The number of hydrogen-bond donors (Lipinski definition) is 2. The van der Waals surface area contributed by atoms with E-state index in [0.717, 1.165) is 39.6 Å². The van der Waals surface area contributed by atoms with Crippen molar-refractivity contribution in [1.29, 1.82) is 0 Å². The quantitative estimate of drug-likeness (QED) is 0.686. The van der Waals surface area contributed by atoms with Gasteiger partial charge in [0.05, 0.1) is 5.52 Å². The average molecular weight is 252 g/mol. The molecule has 3 nitrogen and oxygen atoms in total. The molecule has 0 bridgehead atoms. The predicted octanol–water partition coefficient (Wildman–Crippen LogP) is 3.42. The fourth-order valence-corrected chi connectivity index (χ4v) is 2.51. The zero-order valence-corrected chi connectivity index (χ0v) is 11.1. The van der Waals surface area contributed by atoms with Gasteiger partial charge >= 0.3 is 0 Å². The van der Waals surface area contributed by atoms with Crippen LogP contribution in [0.25, 0.3) is 21.8 Å². The summed E-state index contributed by atoms with van der Waals surface area (Å²) in [6.07, 6.45) is 0. The Morgan fingerprint density at radius 1 is 1.11 bits per heavy atom. The molecule has 3 heteroatoms. The summed E-state index contributed by atoms with van der Waals surface area (Å²) >= 11 is 0. The van der Waals surface area contributed by atoms with Crippen LogP contribution in [0.2, 0.25) is 0 Å². The lowest BCUT2D eigenvalue weighted by atomic mass is 10.1. The largest absolute Gasteiger partial charge is 0.385 e. The summed E-state index contributed by atoms with van der Waals surface area (Å²) in [4.78, 5) is 15.8. The van der Waals surface area contributed by atoms with Gasteiger partial charge in [0.2, 0.25) is 0 Å². The normalized spacial score (nSPS) is 11.1. The highest BCUT2D eigenvalue weighted by Gasteiger charge is 2.09. The minimum absolute atomic E-state index is 0.0931. The first-order chi connectivity index (χ1) is 9.22. The summed E-state index contributed by atoms with van der Waals surface area (Å²) in [6.45, 7) is 4.96. The lowest BCUT2D eigenvalue weighted by Crippen LogP contribution is -2.07. The highest BCUT2D eigenvalue weighted by Crippen LogP contribution is 2.24. The van der Waals surface area contributed by atoms with Crippen LogP contribution in [-0.4, -0.2) is 11.5 Å². The van der Waals surface area contributed by atoms with Gasteiger partial charge in [-0.25, -0.2) is 0 Å². The van der Waals surface area contributed by atoms with Crippen molar-refractivity contribution in [1.82, 2.24) is 4.98 Å². The Balaban J connectivity index is 2.44. The number of H-pyrrole nitrogens is 1. The maximum Gasteiger partial charge on any atom is 0.197 e. The van der Waals surface area contributed by atoms with E-state index < -0.39 is 0 Å². The van der Waals surface area contributed by atoms with Gasteiger partial charge in [-0.3, -0.25) is 4.79 Å². The minimum atomic E-state index is 0.0931. The van der Waals surface area contributed by atoms with Crippen LogP contribution in [0.15, 0.2) is 41.2 Å². The fraction of sp³-hybridized carbons (Fsp3) is 0.188. The third-order valence-electron chi connectivity index (χ3n) is 3.51. The summed E-state index contributed by atoms with van der Waals surface area (Å²) in [6, 6.07) is 11.5. The van der Waals surface area contributed by atoms with Crippen molar-refractivity contribution in [3.63, 3.8) is 0 Å². The van der Waals surface area contributed by atoms with Crippen molar-refractivity contribution in [2.24, 2.45) is 0 Å². The second-order valence-corrected chi connectivity index (χ2v) is 4.69. The van der Waals surface area contributed by atoms with E-state index in [-0.39, 0.29) is 5.43 Å². The third-order valence-corrected chi connectivity index (χ3v) is 3.51. The first-order valence-corrected chi connectivity index (χ1v) is 6.50. The molecule has 0 saturated heterocycles. The molecular formula is C16H16N2O. The number of aromatic amines is 1. The van der Waals surface area contributed by atoms with Crippen LogP contribution in [0.5, 0.6) is 0 Å². The van der Waals surface area contributed by atoms with Gasteiger partial charge < -0.3 is 10.3 Å². The molecule has 0 aliphatic heterocycles. The second-order valence-electron chi connectivity index (χ2n) is 4.69. The summed E-state index contributed by atoms with van der Waals surface area (Å²) in [7, 11) is 0. The molecule has 0 amide bonds. The lowest BCUT2D eigenvalue weighted by Gasteiger charge is -2.11. The van der Waals surface area contributed by atoms with E-state index >= 15 is 0 Å². The van der Waals surface area contributed by atoms with Crippen molar-refractivity contribution in [3.05, 3.63) is 52.2 Å². The van der Waals surface area contributed by atoms with Gasteiger partial charge in [-0.2, -0.15) is 0 Å². The SMILES string of the molecule is CCNc1ccc2c(=O)c3ccccc3[nH]c2c1C. The van der Waals surface area contributed by atoms with Crippen LogP contribution in [0.3, 0.4) is 0 Å². The number of fused-ring (bicyclic) bond motifs is 2. The first kappa shape index (κ1) is 11.8. The van der Waals surface area contributed by atoms with Crippen molar-refractivity contribution in [3.8, 4) is 0 Å². The van der Waals surface area contributed by atoms with E-state index in [9.17, 15) is 4.79 Å². The van der Waals surface area contributed by atoms with Crippen molar-refractivity contribution in [2.75, 3.05) is 11.9 Å². The molecule has 0 unspecified atom stereocenters. The Morgan fingerprint density at radius 3 is 2.68 bits per heavy atom. The molecule has 0 fully saturated rings. The number of para-hydroxylation sites is 1. The van der Waals surface area contributed by atoms with E-state index in [1.54, 1.807) is 0 Å². The van der Waals surface area contributed by atoms with Crippen molar-refractivity contribution in [2.45, 2.75) is 13.8 Å². The van der Waals surface area contributed by atoms with Gasteiger partial charge in [0.15, 0.2) is 5.43 Å². The Labute approximate surface area is 111 Å². The number of anilines is 1. The topological polar surface area (TPSA) is 44.9 Å². The van der Waals surface area contributed by atoms with Gasteiger partial charge in [0.1, 0.15) is 0 Å². The smallest absolute Gasteiger partial charge is 0.197 e. The minimum Gasteiger partial charge on any atom is -0.385 e. The summed E-state index contributed by atoms with van der Waals surface area (Å²) < 4.78 is 0. The van der Waals surface area contributed by atoms with Gasteiger partial charge in [0.25, 0.3) is 0 Å². The fourth-order valence-electron chi connectivity index (χ4n) is 2.51. The number of nitrogens with one attached hydrogen (secondary N) is 2. The van der Waals surface area contributed by atoms with Gasteiger partial charge in [-0.15, -0.1) is 0 Å². The molecule has 2 aromatic carbocycles. The molecule has 19 heavy (non-hydrogen) atoms. The highest BCUT2D eigenvalue weighted by molar-refractivity contribution is 5.95. The van der Waals surface area contributed by atoms with E-state index in [1.807, 2.05) is 43.3 Å². The zero-order chi connectivity index (χ0) is 13.4. The standard InChI is InChI=1S/C16H16N2O/c1-3-17-13-9-8-12-15(10(13)2)18-14-7-5-4-6-11(14)16(12)19/h4-9,17H,3H2,1-2H3,(H,18,19). The van der Waals surface area contributed by atoms with Gasteiger partial charge in [0, 0.05) is 28.5 Å². The summed E-state index contributed by atoms with van der Waals surface area (Å²) in [5, 5.41) is 4.80. The third kappa shape index (κ3) is 1.78. The Hall–Kier alpha value is -2.29. The summed E-state index contributed by atoms with van der Waals surface area (Å²) in [5.74, 6) is 0. The molecule has 1 heterocycles. The number of aromatic nitrogens is 1. The number of benzene rings is 2.